The van der Waals surface area contributed by atoms with Gasteiger partial charge in [-0.2, -0.15) is 0 Å². The number of aromatic hydroxyl groups is 1. The molecule has 214 valence electrons. The van der Waals surface area contributed by atoms with E-state index < -0.39 is 63.6 Å². The van der Waals surface area contributed by atoms with Crippen molar-refractivity contribution in [1.82, 2.24) is 4.90 Å². The number of halogens is 1. The second kappa shape index (κ2) is 9.53. The topological polar surface area (TPSA) is 161 Å². The number of rotatable bonds is 5. The number of carbonyl (C=O) groups is 3. The van der Waals surface area contributed by atoms with Crippen molar-refractivity contribution in [3.8, 4) is 5.75 Å². The third kappa shape index (κ3) is 3.92. The van der Waals surface area contributed by atoms with E-state index in [4.69, 9.17) is 5.73 Å². The molecular weight excluding hydrogens is 531 g/mol. The summed E-state index contributed by atoms with van der Waals surface area (Å²) in [5.74, 6) is -7.93. The number of likely N-dealkylation sites (N-methyl/N-ethyl adjacent to an activating group) is 1. The van der Waals surface area contributed by atoms with Gasteiger partial charge in [0.15, 0.2) is 11.4 Å². The second-order valence-electron chi connectivity index (χ2n) is 11.5. The number of ketones is 2. The van der Waals surface area contributed by atoms with Crippen LogP contribution in [0.5, 0.6) is 5.75 Å². The molecule has 41 heavy (non-hydrogen) atoms. The third-order valence-electron chi connectivity index (χ3n) is 9.40. The Hall–Kier alpha value is -4.02. The number of primary amides is 1. The first kappa shape index (κ1) is 27.2. The molecule has 10 heteroatoms. The van der Waals surface area contributed by atoms with E-state index in [0.717, 1.165) is 12.8 Å². The smallest absolute Gasteiger partial charge is 0.255 e. The van der Waals surface area contributed by atoms with Crippen molar-refractivity contribution in [3.05, 3.63) is 86.6 Å². The highest BCUT2D eigenvalue weighted by Crippen LogP contribution is 2.51. The number of amides is 1. The van der Waals surface area contributed by atoms with E-state index in [1.165, 1.54) is 17.2 Å². The number of Topliss-reactive ketones (excluding diaryl/α,β-unsaturated/α-hetero) is 2. The number of hydrogen-bond donors (Lipinski definition) is 5. The van der Waals surface area contributed by atoms with Crippen molar-refractivity contribution >= 4 is 17.5 Å². The summed E-state index contributed by atoms with van der Waals surface area (Å²) in [7, 11) is 0. The van der Waals surface area contributed by atoms with Crippen LogP contribution in [0.2, 0.25) is 0 Å². The average molecular weight is 563 g/mol. The Bertz CT molecular complexity index is 1570. The fourth-order valence-corrected chi connectivity index (χ4v) is 7.35. The summed E-state index contributed by atoms with van der Waals surface area (Å²) in [6, 6.07) is 9.58. The van der Waals surface area contributed by atoms with Gasteiger partial charge in [0.2, 0.25) is 5.78 Å². The molecule has 9 nitrogen and oxygen atoms in total. The number of benzene rings is 2. The second-order valence-corrected chi connectivity index (χ2v) is 11.5. The highest BCUT2D eigenvalue weighted by molar-refractivity contribution is 6.24. The van der Waals surface area contributed by atoms with Gasteiger partial charge in [-0.25, -0.2) is 4.39 Å². The number of phenolic OH excluding ortho intramolecular Hbond substituents is 1. The highest BCUT2D eigenvalue weighted by atomic mass is 19.1. The van der Waals surface area contributed by atoms with Crippen molar-refractivity contribution in [2.24, 2.45) is 17.6 Å². The summed E-state index contributed by atoms with van der Waals surface area (Å²) in [6.07, 6.45) is 1.21. The fourth-order valence-electron chi connectivity index (χ4n) is 7.35. The number of phenols is 1. The lowest BCUT2D eigenvalue weighted by Gasteiger charge is -2.45. The zero-order chi connectivity index (χ0) is 29.4. The fraction of sp³-hybridized carbons (Fsp3) is 0.387. The monoisotopic (exact) mass is 562 g/mol. The van der Waals surface area contributed by atoms with Crippen LogP contribution < -0.4 is 5.73 Å². The Morgan fingerprint density at radius 2 is 1.76 bits per heavy atom. The predicted octanol–water partition coefficient (Wildman–Crippen LogP) is 2.71. The largest absolute Gasteiger partial charge is 0.511 e. The van der Waals surface area contributed by atoms with Crippen LogP contribution in [0, 0.1) is 17.7 Å². The number of nitrogens with zero attached hydrogens (tertiary/aromatic N) is 1. The molecule has 4 aliphatic rings. The number of carbonyl (C=O) groups excluding carboxylic acids is 3. The molecule has 0 spiro atoms. The Balaban J connectivity index is 1.35. The van der Waals surface area contributed by atoms with Gasteiger partial charge in [0.05, 0.1) is 5.56 Å². The zero-order valence-corrected chi connectivity index (χ0v) is 22.5. The van der Waals surface area contributed by atoms with Crippen molar-refractivity contribution in [3.63, 3.8) is 0 Å². The van der Waals surface area contributed by atoms with Gasteiger partial charge in [-0.05, 0) is 55.3 Å². The maximum atomic E-state index is 16.1. The lowest BCUT2D eigenvalue weighted by Crippen LogP contribution is -2.57. The van der Waals surface area contributed by atoms with Crippen molar-refractivity contribution in [1.29, 1.82) is 0 Å². The first-order valence-electron chi connectivity index (χ1n) is 13.8. The van der Waals surface area contributed by atoms with Crippen LogP contribution >= 0.6 is 0 Å². The Labute approximate surface area is 235 Å². The van der Waals surface area contributed by atoms with Gasteiger partial charge in [0, 0.05) is 41.6 Å². The van der Waals surface area contributed by atoms with Gasteiger partial charge in [-0.1, -0.05) is 31.2 Å². The first-order valence-corrected chi connectivity index (χ1v) is 13.8. The molecule has 0 saturated heterocycles. The average Bonchev–Trinajstić information content (AvgIpc) is 3.35. The Kier molecular flexibility index (Phi) is 6.31. The minimum atomic E-state index is -2.65. The maximum Gasteiger partial charge on any atom is 0.255 e. The molecule has 0 saturated carbocycles. The van der Waals surface area contributed by atoms with Crippen LogP contribution in [0.1, 0.15) is 52.4 Å². The molecule has 2 aromatic rings. The molecule has 0 radical (unpaired) electrons. The van der Waals surface area contributed by atoms with Gasteiger partial charge < -0.3 is 26.2 Å². The Morgan fingerprint density at radius 1 is 1.10 bits per heavy atom. The van der Waals surface area contributed by atoms with E-state index in [1.807, 2.05) is 19.1 Å². The SMILES string of the molecule is CCN(Cc1cc(O)c2c(c1F)CC1C[C@H]3CC(O)=C(C(N)=O)C(=O)[C@@]3(O)C(O)=C1C2=O)C1Cc2ccccc2C1. The van der Waals surface area contributed by atoms with Crippen molar-refractivity contribution in [2.75, 3.05) is 6.54 Å². The molecule has 1 amide bonds. The predicted molar refractivity (Wildman–Crippen MR) is 144 cm³/mol. The van der Waals surface area contributed by atoms with E-state index in [0.29, 0.717) is 6.54 Å². The molecule has 0 bridgehead atoms. The number of fused-ring (bicyclic) bond motifs is 4. The number of nitrogens with two attached hydrogens (primary N) is 1. The molecule has 6 N–H and O–H groups in total. The quantitative estimate of drug-likeness (QED) is 0.348. The lowest BCUT2D eigenvalue weighted by molar-refractivity contribution is -0.144. The van der Waals surface area contributed by atoms with Gasteiger partial charge in [-0.15, -0.1) is 0 Å². The summed E-state index contributed by atoms with van der Waals surface area (Å²) < 4.78 is 16.1. The number of allylic oxidation sites excluding steroid dienone is 2. The molecule has 4 aliphatic carbocycles. The summed E-state index contributed by atoms with van der Waals surface area (Å²) in [5.41, 5.74) is 3.90. The van der Waals surface area contributed by atoms with Crippen LogP contribution in [0.25, 0.3) is 0 Å². The van der Waals surface area contributed by atoms with Crippen molar-refractivity contribution < 1.29 is 39.2 Å². The minimum Gasteiger partial charge on any atom is -0.511 e. The molecule has 0 fully saturated rings. The van der Waals surface area contributed by atoms with Crippen LogP contribution in [-0.4, -0.2) is 61.0 Å². The van der Waals surface area contributed by atoms with Gasteiger partial charge >= 0.3 is 0 Å². The van der Waals surface area contributed by atoms with Crippen molar-refractivity contribution in [2.45, 2.75) is 57.2 Å². The van der Waals surface area contributed by atoms with Crippen LogP contribution in [0.4, 0.5) is 4.39 Å². The van der Waals surface area contributed by atoms with Gasteiger partial charge in [-0.3, -0.25) is 19.3 Å². The number of aliphatic hydroxyl groups excluding tert-OH is 2. The molecule has 0 heterocycles. The van der Waals surface area contributed by atoms with Crippen LogP contribution in [0.15, 0.2) is 53.0 Å². The molecule has 0 aromatic heterocycles. The number of aliphatic hydroxyl groups is 3. The van der Waals surface area contributed by atoms with Gasteiger partial charge in [0.1, 0.15) is 28.7 Å². The van der Waals surface area contributed by atoms with Crippen LogP contribution in [-0.2, 0) is 35.4 Å². The summed E-state index contributed by atoms with van der Waals surface area (Å²) in [4.78, 5) is 40.6. The first-order chi connectivity index (χ1) is 19.5. The summed E-state index contributed by atoms with van der Waals surface area (Å²) in [5, 5.41) is 43.7. The third-order valence-corrected chi connectivity index (χ3v) is 9.40. The molecule has 3 atom stereocenters. The number of hydrogen-bond acceptors (Lipinski definition) is 8. The van der Waals surface area contributed by atoms with E-state index in [-0.39, 0.29) is 54.1 Å². The highest BCUT2D eigenvalue weighted by Gasteiger charge is 2.59. The molecule has 0 aliphatic heterocycles. The molecule has 1 unspecified atom stereocenters. The normalized spacial score (nSPS) is 25.8. The van der Waals surface area contributed by atoms with E-state index >= 15 is 4.39 Å². The Morgan fingerprint density at radius 3 is 2.37 bits per heavy atom. The molecular formula is C31H31FN2O7. The standard InChI is InChI=1S/C31H31FN2O7/c1-2-34(19-8-14-5-3-4-6-15(14)9-19)13-17-11-21(35)24-20(26(17)32)10-16-7-18-12-22(36)25(30(33)40)29(39)31(18,41)28(38)23(16)27(24)37/h3-6,11,16,18-19,35-36,38,41H,2,7-10,12-13H2,1H3,(H2,33,40)/t16?,18-,31-/m0/s1. The molecule has 6 rings (SSSR count). The van der Waals surface area contributed by atoms with Crippen LogP contribution in [0.3, 0.4) is 0 Å². The minimum absolute atomic E-state index is 0.0162. The van der Waals surface area contributed by atoms with E-state index in [2.05, 4.69) is 17.0 Å². The van der Waals surface area contributed by atoms with E-state index in [9.17, 15) is 34.8 Å². The lowest BCUT2D eigenvalue weighted by atomic mass is 9.60. The maximum absolute atomic E-state index is 16.1. The van der Waals surface area contributed by atoms with Gasteiger partial charge in [0.25, 0.3) is 5.91 Å². The summed E-state index contributed by atoms with van der Waals surface area (Å²) >= 11 is 0. The summed E-state index contributed by atoms with van der Waals surface area (Å²) in [6.45, 7) is 2.86. The molecule has 2 aromatic carbocycles. The van der Waals surface area contributed by atoms with E-state index in [1.54, 1.807) is 0 Å². The zero-order valence-electron chi connectivity index (χ0n) is 22.5.